The summed E-state index contributed by atoms with van der Waals surface area (Å²) in [6.07, 6.45) is 1.88. The molecule has 0 saturated heterocycles. The number of hydrogen-bond donors (Lipinski definition) is 2. The first-order chi connectivity index (χ1) is 9.00. The summed E-state index contributed by atoms with van der Waals surface area (Å²) in [5, 5.41) is 12.5. The molecule has 0 bridgehead atoms. The normalized spacial score (nSPS) is 10.7. The Morgan fingerprint density at radius 3 is 2.68 bits per heavy atom. The molecule has 0 unspecified atom stereocenters. The van der Waals surface area contributed by atoms with Crippen LogP contribution in [0.15, 0.2) is 36.5 Å². The molecule has 0 saturated carbocycles. The van der Waals surface area contributed by atoms with Gasteiger partial charge in [0.2, 0.25) is 0 Å². The predicted molar refractivity (Wildman–Crippen MR) is 75.6 cm³/mol. The molecule has 1 amide bonds. The number of aromatic nitrogens is 1. The van der Waals surface area contributed by atoms with Crippen LogP contribution in [0.2, 0.25) is 0 Å². The van der Waals surface area contributed by atoms with Gasteiger partial charge in [-0.1, -0.05) is 6.07 Å². The maximum absolute atomic E-state index is 12.3. The number of hydrogen-bond acceptors (Lipinski definition) is 2. The van der Waals surface area contributed by atoms with Crippen molar-refractivity contribution in [1.29, 1.82) is 0 Å². The number of amides is 1. The quantitative estimate of drug-likeness (QED) is 0.887. The van der Waals surface area contributed by atoms with E-state index in [0.717, 1.165) is 0 Å². The molecular formula is C15H18N2O2. The molecule has 0 aliphatic heterocycles. The van der Waals surface area contributed by atoms with E-state index in [2.05, 4.69) is 5.32 Å². The van der Waals surface area contributed by atoms with Crippen molar-refractivity contribution in [1.82, 2.24) is 4.57 Å². The van der Waals surface area contributed by atoms with Crippen molar-refractivity contribution in [3.05, 3.63) is 47.8 Å². The van der Waals surface area contributed by atoms with Gasteiger partial charge < -0.3 is 15.0 Å². The first-order valence-electron chi connectivity index (χ1n) is 6.27. The highest BCUT2D eigenvalue weighted by Crippen LogP contribution is 2.24. The first kappa shape index (κ1) is 13.2. The zero-order valence-corrected chi connectivity index (χ0v) is 11.3. The molecule has 1 aromatic heterocycles. The van der Waals surface area contributed by atoms with Crippen LogP contribution >= 0.6 is 0 Å². The van der Waals surface area contributed by atoms with E-state index in [4.69, 9.17) is 0 Å². The van der Waals surface area contributed by atoms with Gasteiger partial charge in [-0.15, -0.1) is 0 Å². The second-order valence-electron chi connectivity index (χ2n) is 4.80. The largest absolute Gasteiger partial charge is 0.508 e. The summed E-state index contributed by atoms with van der Waals surface area (Å²) in [5.74, 6) is 0.00411. The zero-order chi connectivity index (χ0) is 14.0. The van der Waals surface area contributed by atoms with E-state index in [1.165, 1.54) is 0 Å². The minimum atomic E-state index is -0.174. The first-order valence-corrected chi connectivity index (χ1v) is 6.27. The molecule has 4 heteroatoms. The van der Waals surface area contributed by atoms with E-state index in [1.54, 1.807) is 31.2 Å². The lowest BCUT2D eigenvalue weighted by Crippen LogP contribution is -2.18. The summed E-state index contributed by atoms with van der Waals surface area (Å²) in [5.41, 5.74) is 1.90. The topological polar surface area (TPSA) is 54.3 Å². The van der Waals surface area contributed by atoms with Crippen LogP contribution in [-0.2, 0) is 0 Å². The van der Waals surface area contributed by atoms with E-state index in [-0.39, 0.29) is 17.7 Å². The second-order valence-corrected chi connectivity index (χ2v) is 4.80. The summed E-state index contributed by atoms with van der Waals surface area (Å²) in [6.45, 7) is 5.82. The molecule has 2 aromatic rings. The lowest BCUT2D eigenvalue weighted by molar-refractivity contribution is 0.101. The van der Waals surface area contributed by atoms with Gasteiger partial charge in [-0.25, -0.2) is 0 Å². The van der Waals surface area contributed by atoms with Gasteiger partial charge >= 0.3 is 0 Å². The SMILES string of the molecule is Cc1c(O)cccc1NC(=O)c1cccn1C(C)C. The van der Waals surface area contributed by atoms with Crippen LogP contribution in [0, 0.1) is 6.92 Å². The molecule has 0 atom stereocenters. The molecule has 0 radical (unpaired) electrons. The second kappa shape index (κ2) is 5.18. The van der Waals surface area contributed by atoms with E-state index >= 15 is 0 Å². The maximum Gasteiger partial charge on any atom is 0.272 e. The van der Waals surface area contributed by atoms with Gasteiger partial charge in [0.15, 0.2) is 0 Å². The van der Waals surface area contributed by atoms with E-state index in [0.29, 0.717) is 16.9 Å². The smallest absolute Gasteiger partial charge is 0.272 e. The fourth-order valence-electron chi connectivity index (χ4n) is 1.98. The highest BCUT2D eigenvalue weighted by molar-refractivity contribution is 6.03. The van der Waals surface area contributed by atoms with Crippen molar-refractivity contribution in [2.75, 3.05) is 5.32 Å². The average Bonchev–Trinajstić information content (AvgIpc) is 2.84. The average molecular weight is 258 g/mol. The highest BCUT2D eigenvalue weighted by Gasteiger charge is 2.14. The van der Waals surface area contributed by atoms with Gasteiger partial charge in [-0.05, 0) is 45.0 Å². The number of nitrogens with one attached hydrogen (secondary N) is 1. The number of carbonyl (C=O) groups excluding carboxylic acids is 1. The minimum absolute atomic E-state index is 0.174. The van der Waals surface area contributed by atoms with Gasteiger partial charge in [0.25, 0.3) is 5.91 Å². The van der Waals surface area contributed by atoms with Gasteiger partial charge in [0, 0.05) is 23.5 Å². The third-order valence-electron chi connectivity index (χ3n) is 3.12. The lowest BCUT2D eigenvalue weighted by atomic mass is 10.2. The fraction of sp³-hybridized carbons (Fsp3) is 0.267. The number of benzene rings is 1. The Morgan fingerprint density at radius 2 is 2.00 bits per heavy atom. The van der Waals surface area contributed by atoms with E-state index < -0.39 is 0 Å². The summed E-state index contributed by atoms with van der Waals surface area (Å²) < 4.78 is 1.91. The molecule has 2 N–H and O–H groups in total. The van der Waals surface area contributed by atoms with Crippen LogP contribution in [0.25, 0.3) is 0 Å². The lowest BCUT2D eigenvalue weighted by Gasteiger charge is -2.14. The summed E-state index contributed by atoms with van der Waals surface area (Å²) in [6, 6.07) is 8.94. The Kier molecular flexibility index (Phi) is 3.60. The van der Waals surface area contributed by atoms with Crippen molar-refractivity contribution in [3.8, 4) is 5.75 Å². The van der Waals surface area contributed by atoms with Gasteiger partial charge in [-0.3, -0.25) is 4.79 Å². The van der Waals surface area contributed by atoms with E-state index in [9.17, 15) is 9.90 Å². The molecule has 0 fully saturated rings. The molecule has 0 aliphatic rings. The predicted octanol–water partition coefficient (Wildman–Crippen LogP) is 3.34. The Bertz CT molecular complexity index is 600. The Morgan fingerprint density at radius 1 is 1.26 bits per heavy atom. The molecule has 19 heavy (non-hydrogen) atoms. The van der Waals surface area contributed by atoms with Crippen LogP contribution in [0.3, 0.4) is 0 Å². The zero-order valence-electron chi connectivity index (χ0n) is 11.3. The molecule has 0 spiro atoms. The van der Waals surface area contributed by atoms with Gasteiger partial charge in [0.1, 0.15) is 11.4 Å². The van der Waals surface area contributed by atoms with Crippen LogP contribution in [-0.4, -0.2) is 15.6 Å². The Hall–Kier alpha value is -2.23. The van der Waals surface area contributed by atoms with Crippen LogP contribution in [0.5, 0.6) is 5.75 Å². The Labute approximate surface area is 112 Å². The molecule has 1 aromatic carbocycles. The van der Waals surface area contributed by atoms with Crippen LogP contribution < -0.4 is 5.32 Å². The van der Waals surface area contributed by atoms with Crippen molar-refractivity contribution in [2.24, 2.45) is 0 Å². The number of carbonyl (C=O) groups is 1. The van der Waals surface area contributed by atoms with Crippen LogP contribution in [0.1, 0.15) is 35.9 Å². The molecule has 1 heterocycles. The Balaban J connectivity index is 2.26. The highest BCUT2D eigenvalue weighted by atomic mass is 16.3. The molecule has 0 aliphatic carbocycles. The van der Waals surface area contributed by atoms with E-state index in [1.807, 2.05) is 30.7 Å². The minimum Gasteiger partial charge on any atom is -0.508 e. The van der Waals surface area contributed by atoms with Crippen LogP contribution in [0.4, 0.5) is 5.69 Å². The molecule has 4 nitrogen and oxygen atoms in total. The summed E-state index contributed by atoms with van der Waals surface area (Å²) in [4.78, 5) is 12.3. The number of rotatable bonds is 3. The van der Waals surface area contributed by atoms with Crippen molar-refractivity contribution >= 4 is 11.6 Å². The summed E-state index contributed by atoms with van der Waals surface area (Å²) in [7, 11) is 0. The fourth-order valence-corrected chi connectivity index (χ4v) is 1.98. The molecule has 100 valence electrons. The third kappa shape index (κ3) is 2.62. The molecular weight excluding hydrogens is 240 g/mol. The number of anilines is 1. The van der Waals surface area contributed by atoms with Crippen molar-refractivity contribution < 1.29 is 9.90 Å². The van der Waals surface area contributed by atoms with Gasteiger partial charge in [-0.2, -0.15) is 0 Å². The third-order valence-corrected chi connectivity index (χ3v) is 3.12. The maximum atomic E-state index is 12.3. The summed E-state index contributed by atoms with van der Waals surface area (Å²) >= 11 is 0. The number of phenols is 1. The number of nitrogens with zero attached hydrogens (tertiary/aromatic N) is 1. The van der Waals surface area contributed by atoms with Crippen molar-refractivity contribution in [2.45, 2.75) is 26.8 Å². The number of aromatic hydroxyl groups is 1. The van der Waals surface area contributed by atoms with Crippen molar-refractivity contribution in [3.63, 3.8) is 0 Å². The molecule has 2 rings (SSSR count). The number of phenolic OH excluding ortho intramolecular Hbond substituents is 1. The van der Waals surface area contributed by atoms with Gasteiger partial charge in [0.05, 0.1) is 0 Å². The monoisotopic (exact) mass is 258 g/mol. The standard InChI is InChI=1S/C15H18N2O2/c1-10(2)17-9-5-7-13(17)15(19)16-12-6-4-8-14(18)11(12)3/h4-10,18H,1-3H3,(H,16,19).